The highest BCUT2D eigenvalue weighted by molar-refractivity contribution is 6.07. The minimum absolute atomic E-state index is 0.0157. The molecule has 3 rings (SSSR count). The van der Waals surface area contributed by atoms with Crippen molar-refractivity contribution in [3.8, 4) is 0 Å². The second-order valence-electron chi connectivity index (χ2n) is 5.52. The molecule has 0 N–H and O–H groups in total. The minimum atomic E-state index is -0.701. The van der Waals surface area contributed by atoms with Crippen LogP contribution in [0.25, 0.3) is 0 Å². The highest BCUT2D eigenvalue weighted by Crippen LogP contribution is 2.43. The summed E-state index contributed by atoms with van der Waals surface area (Å²) >= 11 is 0. The number of nitrogens with zero attached hydrogens (tertiary/aromatic N) is 1. The lowest BCUT2D eigenvalue weighted by Crippen LogP contribution is -2.37. The highest BCUT2D eigenvalue weighted by Gasteiger charge is 2.46. The van der Waals surface area contributed by atoms with E-state index in [4.69, 9.17) is 0 Å². The zero-order valence-electron chi connectivity index (χ0n) is 11.6. The van der Waals surface area contributed by atoms with E-state index < -0.39 is 5.41 Å². The lowest BCUT2D eigenvalue weighted by atomic mass is 9.78. The number of hydrogen-bond acceptors (Lipinski definition) is 1. The summed E-state index contributed by atoms with van der Waals surface area (Å²) in [4.78, 5) is 14.2. The van der Waals surface area contributed by atoms with Crippen molar-refractivity contribution in [1.82, 2.24) is 0 Å². The third-order valence-electron chi connectivity index (χ3n) is 4.09. The van der Waals surface area contributed by atoms with Gasteiger partial charge in [-0.1, -0.05) is 30.3 Å². The van der Waals surface area contributed by atoms with Gasteiger partial charge in [-0.15, -0.1) is 0 Å². The average Bonchev–Trinajstić information content (AvgIpc) is 2.62. The molecule has 20 heavy (non-hydrogen) atoms. The van der Waals surface area contributed by atoms with Crippen LogP contribution >= 0.6 is 0 Å². The molecule has 0 saturated carbocycles. The molecule has 0 spiro atoms. The fourth-order valence-electron chi connectivity index (χ4n) is 3.01. The second kappa shape index (κ2) is 4.44. The molecule has 0 unspecified atom stereocenters. The van der Waals surface area contributed by atoms with Crippen molar-refractivity contribution in [2.45, 2.75) is 18.8 Å². The number of carbonyl (C=O) groups is 1. The molecule has 2 aromatic rings. The summed E-state index contributed by atoms with van der Waals surface area (Å²) in [6.45, 7) is 1.89. The van der Waals surface area contributed by atoms with E-state index in [9.17, 15) is 9.18 Å². The molecule has 2 nitrogen and oxygen atoms in total. The van der Waals surface area contributed by atoms with Crippen molar-refractivity contribution in [3.63, 3.8) is 0 Å². The Morgan fingerprint density at radius 1 is 1.15 bits per heavy atom. The number of likely N-dealkylation sites (N-methyl/N-ethyl adjacent to an activating group) is 1. The fourth-order valence-corrected chi connectivity index (χ4v) is 3.01. The van der Waals surface area contributed by atoms with E-state index in [0.717, 1.165) is 16.8 Å². The minimum Gasteiger partial charge on any atom is -0.314 e. The molecule has 102 valence electrons. The molecule has 1 aliphatic rings. The molecule has 0 saturated heterocycles. The molecule has 1 aliphatic heterocycles. The lowest BCUT2D eigenvalue weighted by molar-refractivity contribution is -0.122. The van der Waals surface area contributed by atoms with Gasteiger partial charge in [-0.05, 0) is 42.7 Å². The predicted molar refractivity (Wildman–Crippen MR) is 77.3 cm³/mol. The molecule has 0 radical (unpaired) electrons. The fraction of sp³-hybridized carbons (Fsp3) is 0.235. The molecule has 0 aromatic heterocycles. The summed E-state index contributed by atoms with van der Waals surface area (Å²) in [5, 5.41) is 0. The van der Waals surface area contributed by atoms with Crippen LogP contribution in [0.2, 0.25) is 0 Å². The van der Waals surface area contributed by atoms with Crippen LogP contribution in [0.5, 0.6) is 0 Å². The average molecular weight is 269 g/mol. The van der Waals surface area contributed by atoms with Gasteiger partial charge in [0, 0.05) is 12.7 Å². The standard InChI is InChI=1S/C17H16FNO/c1-17(11-12-6-4-3-5-7-12)14-10-13(18)8-9-15(14)19(2)16(17)20/h3-10H,11H2,1-2H3/t17-/m1/s1. The van der Waals surface area contributed by atoms with Gasteiger partial charge < -0.3 is 4.90 Å². The third-order valence-corrected chi connectivity index (χ3v) is 4.09. The molecule has 1 amide bonds. The zero-order chi connectivity index (χ0) is 14.3. The van der Waals surface area contributed by atoms with Gasteiger partial charge in [-0.3, -0.25) is 4.79 Å². The molecule has 1 atom stereocenters. The number of hydrogen-bond donors (Lipinski definition) is 0. The van der Waals surface area contributed by atoms with Crippen molar-refractivity contribution < 1.29 is 9.18 Å². The number of rotatable bonds is 2. The summed E-state index contributed by atoms with van der Waals surface area (Å²) in [5.74, 6) is -0.284. The smallest absolute Gasteiger partial charge is 0.237 e. The van der Waals surface area contributed by atoms with Crippen LogP contribution in [0.4, 0.5) is 10.1 Å². The quantitative estimate of drug-likeness (QED) is 0.819. The zero-order valence-corrected chi connectivity index (χ0v) is 11.6. The van der Waals surface area contributed by atoms with Gasteiger partial charge in [-0.25, -0.2) is 4.39 Å². The Morgan fingerprint density at radius 2 is 1.85 bits per heavy atom. The van der Waals surface area contributed by atoms with Crippen molar-refractivity contribution in [1.29, 1.82) is 0 Å². The van der Waals surface area contributed by atoms with Crippen LogP contribution in [0.15, 0.2) is 48.5 Å². The van der Waals surface area contributed by atoms with Gasteiger partial charge in [0.05, 0.1) is 5.41 Å². The summed E-state index contributed by atoms with van der Waals surface area (Å²) in [5.41, 5.74) is 1.95. The lowest BCUT2D eigenvalue weighted by Gasteiger charge is -2.23. The molecule has 0 aliphatic carbocycles. The molecule has 3 heteroatoms. The van der Waals surface area contributed by atoms with E-state index in [1.54, 1.807) is 18.0 Å². The maximum atomic E-state index is 13.6. The maximum absolute atomic E-state index is 13.6. The Balaban J connectivity index is 2.09. The van der Waals surface area contributed by atoms with Crippen LogP contribution in [-0.2, 0) is 16.6 Å². The van der Waals surface area contributed by atoms with Gasteiger partial charge in [-0.2, -0.15) is 0 Å². The normalized spacial score (nSPS) is 21.1. The Kier molecular flexibility index (Phi) is 2.85. The Labute approximate surface area is 117 Å². The maximum Gasteiger partial charge on any atom is 0.237 e. The topological polar surface area (TPSA) is 20.3 Å². The number of carbonyl (C=O) groups excluding carboxylic acids is 1. The summed E-state index contributed by atoms with van der Waals surface area (Å²) in [7, 11) is 1.75. The summed E-state index contributed by atoms with van der Waals surface area (Å²) in [6.07, 6.45) is 0.577. The first-order valence-electron chi connectivity index (χ1n) is 6.64. The van der Waals surface area contributed by atoms with Gasteiger partial charge in [0.2, 0.25) is 5.91 Å². The third kappa shape index (κ3) is 1.82. The van der Waals surface area contributed by atoms with E-state index in [2.05, 4.69) is 0 Å². The van der Waals surface area contributed by atoms with E-state index in [1.807, 2.05) is 37.3 Å². The van der Waals surface area contributed by atoms with Gasteiger partial charge in [0.1, 0.15) is 5.82 Å². The van der Waals surface area contributed by atoms with Crippen LogP contribution in [0.1, 0.15) is 18.1 Å². The van der Waals surface area contributed by atoms with E-state index in [0.29, 0.717) is 6.42 Å². The first kappa shape index (κ1) is 12.9. The van der Waals surface area contributed by atoms with Crippen molar-refractivity contribution in [3.05, 3.63) is 65.5 Å². The Hall–Kier alpha value is -2.16. The molecule has 2 aromatic carbocycles. The van der Waals surface area contributed by atoms with Crippen molar-refractivity contribution >= 4 is 11.6 Å². The Morgan fingerprint density at radius 3 is 2.55 bits per heavy atom. The number of benzene rings is 2. The monoisotopic (exact) mass is 269 g/mol. The van der Waals surface area contributed by atoms with Gasteiger partial charge in [0.25, 0.3) is 0 Å². The molecular formula is C17H16FNO. The number of amides is 1. The van der Waals surface area contributed by atoms with Crippen molar-refractivity contribution in [2.75, 3.05) is 11.9 Å². The molecule has 0 fully saturated rings. The van der Waals surface area contributed by atoms with Gasteiger partial charge in [0.15, 0.2) is 0 Å². The number of halogens is 1. The Bertz CT molecular complexity index is 668. The second-order valence-corrected chi connectivity index (χ2v) is 5.52. The first-order chi connectivity index (χ1) is 9.52. The van der Waals surface area contributed by atoms with E-state index in [1.165, 1.54) is 12.1 Å². The summed E-state index contributed by atoms with van der Waals surface area (Å²) in [6, 6.07) is 14.4. The van der Waals surface area contributed by atoms with Gasteiger partial charge >= 0.3 is 0 Å². The van der Waals surface area contributed by atoms with Crippen LogP contribution < -0.4 is 4.90 Å². The van der Waals surface area contributed by atoms with E-state index >= 15 is 0 Å². The number of anilines is 1. The SMILES string of the molecule is CN1C(=O)[C@](C)(Cc2ccccc2)c2cc(F)ccc21. The molecule has 1 heterocycles. The predicted octanol–water partition coefficient (Wildman–Crippen LogP) is 3.30. The van der Waals surface area contributed by atoms with Crippen LogP contribution in [0.3, 0.4) is 0 Å². The first-order valence-corrected chi connectivity index (χ1v) is 6.64. The largest absolute Gasteiger partial charge is 0.314 e. The van der Waals surface area contributed by atoms with Crippen molar-refractivity contribution in [2.24, 2.45) is 0 Å². The number of fused-ring (bicyclic) bond motifs is 1. The summed E-state index contributed by atoms with van der Waals surface area (Å²) < 4.78 is 13.6. The molecule has 0 bridgehead atoms. The van der Waals surface area contributed by atoms with E-state index in [-0.39, 0.29) is 11.7 Å². The van der Waals surface area contributed by atoms with Crippen LogP contribution in [0, 0.1) is 5.82 Å². The molecular weight excluding hydrogens is 253 g/mol. The highest BCUT2D eigenvalue weighted by atomic mass is 19.1. The van der Waals surface area contributed by atoms with Crippen LogP contribution in [-0.4, -0.2) is 13.0 Å².